The van der Waals surface area contributed by atoms with Crippen LogP contribution in [0.1, 0.15) is 52.5 Å². The molecule has 0 bridgehead atoms. The molecule has 0 saturated heterocycles. The predicted molar refractivity (Wildman–Crippen MR) is 85.0 cm³/mol. The van der Waals surface area contributed by atoms with Gasteiger partial charge in [-0.15, -0.1) is 11.8 Å². The molecular formula is C15H27N3S. The van der Waals surface area contributed by atoms with E-state index >= 15 is 0 Å². The molecule has 0 amide bonds. The summed E-state index contributed by atoms with van der Waals surface area (Å²) in [5.74, 6) is 2.92. The average molecular weight is 281 g/mol. The number of hydrogen-bond acceptors (Lipinski definition) is 4. The number of thioether (sulfide) groups is 1. The highest BCUT2D eigenvalue weighted by Gasteiger charge is 2.11. The third-order valence-corrected chi connectivity index (χ3v) is 3.95. The van der Waals surface area contributed by atoms with Crippen molar-refractivity contribution in [3.63, 3.8) is 0 Å². The lowest BCUT2D eigenvalue weighted by molar-refractivity contribution is 0.631. The standard InChI is InChI=1S/C15H27N3S/c1-5-7-13-14(16-9-6-2)17-11-18-15(13)19-10-8-12(3)4/h11-12H,5-10H2,1-4H3,(H,16,17,18). The molecule has 0 spiro atoms. The van der Waals surface area contributed by atoms with Gasteiger partial charge in [0, 0.05) is 12.1 Å². The second kappa shape index (κ2) is 9.18. The largest absolute Gasteiger partial charge is 0.370 e. The van der Waals surface area contributed by atoms with E-state index in [0.717, 1.165) is 48.3 Å². The zero-order chi connectivity index (χ0) is 14.1. The van der Waals surface area contributed by atoms with Crippen molar-refractivity contribution in [2.75, 3.05) is 17.6 Å². The van der Waals surface area contributed by atoms with E-state index in [0.29, 0.717) is 0 Å². The van der Waals surface area contributed by atoms with Crippen molar-refractivity contribution < 1.29 is 0 Å². The van der Waals surface area contributed by atoms with Crippen molar-refractivity contribution in [1.82, 2.24) is 9.97 Å². The molecule has 1 N–H and O–H groups in total. The first kappa shape index (κ1) is 16.3. The van der Waals surface area contributed by atoms with E-state index in [1.54, 1.807) is 6.33 Å². The van der Waals surface area contributed by atoms with Gasteiger partial charge in [-0.05, 0) is 30.9 Å². The van der Waals surface area contributed by atoms with Crippen molar-refractivity contribution in [2.24, 2.45) is 5.92 Å². The fraction of sp³-hybridized carbons (Fsp3) is 0.733. The van der Waals surface area contributed by atoms with Gasteiger partial charge in [0.1, 0.15) is 17.2 Å². The molecule has 0 atom stereocenters. The molecule has 0 aliphatic rings. The van der Waals surface area contributed by atoms with Gasteiger partial charge >= 0.3 is 0 Å². The number of hydrogen-bond donors (Lipinski definition) is 1. The highest BCUT2D eigenvalue weighted by Crippen LogP contribution is 2.27. The van der Waals surface area contributed by atoms with Crippen LogP contribution in [0.2, 0.25) is 0 Å². The van der Waals surface area contributed by atoms with Crippen molar-refractivity contribution in [3.8, 4) is 0 Å². The predicted octanol–water partition coefficient (Wildman–Crippen LogP) is 4.39. The molecule has 0 aliphatic carbocycles. The summed E-state index contributed by atoms with van der Waals surface area (Å²) in [5.41, 5.74) is 1.30. The maximum Gasteiger partial charge on any atom is 0.133 e. The van der Waals surface area contributed by atoms with Gasteiger partial charge in [-0.3, -0.25) is 0 Å². The van der Waals surface area contributed by atoms with E-state index < -0.39 is 0 Å². The first-order chi connectivity index (χ1) is 9.19. The minimum absolute atomic E-state index is 0.752. The summed E-state index contributed by atoms with van der Waals surface area (Å²) in [6, 6.07) is 0. The molecule has 0 fully saturated rings. The lowest BCUT2D eigenvalue weighted by Crippen LogP contribution is -2.07. The Hall–Kier alpha value is -0.770. The number of nitrogens with zero attached hydrogens (tertiary/aromatic N) is 2. The van der Waals surface area contributed by atoms with Crippen LogP contribution in [0, 0.1) is 5.92 Å². The van der Waals surface area contributed by atoms with E-state index in [1.807, 2.05) is 11.8 Å². The number of anilines is 1. The van der Waals surface area contributed by atoms with E-state index in [-0.39, 0.29) is 0 Å². The van der Waals surface area contributed by atoms with Crippen LogP contribution in [0.25, 0.3) is 0 Å². The van der Waals surface area contributed by atoms with E-state index in [2.05, 4.69) is 43.0 Å². The third-order valence-electron chi connectivity index (χ3n) is 2.88. The Morgan fingerprint density at radius 1 is 1.21 bits per heavy atom. The highest BCUT2D eigenvalue weighted by molar-refractivity contribution is 7.99. The van der Waals surface area contributed by atoms with Gasteiger partial charge in [-0.25, -0.2) is 9.97 Å². The molecule has 1 heterocycles. The lowest BCUT2D eigenvalue weighted by atomic mass is 10.2. The maximum absolute atomic E-state index is 4.47. The molecule has 0 aliphatic heterocycles. The van der Waals surface area contributed by atoms with Crippen LogP contribution in [0.4, 0.5) is 5.82 Å². The Kier molecular flexibility index (Phi) is 7.87. The molecular weight excluding hydrogens is 254 g/mol. The first-order valence-corrected chi connectivity index (χ1v) is 8.38. The number of aromatic nitrogens is 2. The van der Waals surface area contributed by atoms with Crippen LogP contribution in [-0.2, 0) is 6.42 Å². The second-order valence-electron chi connectivity index (χ2n) is 5.21. The number of nitrogens with one attached hydrogen (secondary N) is 1. The maximum atomic E-state index is 4.47. The SMILES string of the molecule is CCCNc1ncnc(SCCC(C)C)c1CCC. The van der Waals surface area contributed by atoms with E-state index in [9.17, 15) is 0 Å². The van der Waals surface area contributed by atoms with Crippen molar-refractivity contribution in [1.29, 1.82) is 0 Å². The molecule has 0 saturated carbocycles. The Morgan fingerprint density at radius 3 is 2.63 bits per heavy atom. The Labute approximate surface area is 122 Å². The van der Waals surface area contributed by atoms with Crippen molar-refractivity contribution in [2.45, 2.75) is 58.4 Å². The van der Waals surface area contributed by atoms with Crippen LogP contribution in [0.3, 0.4) is 0 Å². The van der Waals surface area contributed by atoms with E-state index in [4.69, 9.17) is 0 Å². The molecule has 108 valence electrons. The molecule has 1 rings (SSSR count). The molecule has 0 radical (unpaired) electrons. The minimum atomic E-state index is 0.752. The zero-order valence-corrected chi connectivity index (χ0v) is 13.5. The fourth-order valence-corrected chi connectivity index (χ4v) is 3.06. The van der Waals surface area contributed by atoms with Crippen LogP contribution in [0.15, 0.2) is 11.4 Å². The van der Waals surface area contributed by atoms with Crippen LogP contribution in [0.5, 0.6) is 0 Å². The highest BCUT2D eigenvalue weighted by atomic mass is 32.2. The van der Waals surface area contributed by atoms with Gasteiger partial charge in [0.15, 0.2) is 0 Å². The van der Waals surface area contributed by atoms with Crippen molar-refractivity contribution >= 4 is 17.6 Å². The first-order valence-electron chi connectivity index (χ1n) is 7.39. The lowest BCUT2D eigenvalue weighted by Gasteiger charge is -2.13. The molecule has 0 unspecified atom stereocenters. The third kappa shape index (κ3) is 5.81. The van der Waals surface area contributed by atoms with Gasteiger partial charge in [0.2, 0.25) is 0 Å². The number of rotatable bonds is 9. The van der Waals surface area contributed by atoms with Crippen LogP contribution >= 0.6 is 11.8 Å². The van der Waals surface area contributed by atoms with Crippen LogP contribution in [-0.4, -0.2) is 22.3 Å². The van der Waals surface area contributed by atoms with Gasteiger partial charge in [0.25, 0.3) is 0 Å². The Balaban J connectivity index is 2.76. The monoisotopic (exact) mass is 281 g/mol. The molecule has 4 heteroatoms. The molecule has 19 heavy (non-hydrogen) atoms. The second-order valence-corrected chi connectivity index (χ2v) is 6.30. The molecule has 1 aromatic rings. The van der Waals surface area contributed by atoms with E-state index in [1.165, 1.54) is 12.0 Å². The topological polar surface area (TPSA) is 37.8 Å². The Morgan fingerprint density at radius 2 is 2.00 bits per heavy atom. The molecule has 1 aromatic heterocycles. The summed E-state index contributed by atoms with van der Waals surface area (Å²) in [6.07, 6.45) is 6.22. The Bertz CT molecular complexity index is 366. The summed E-state index contributed by atoms with van der Waals surface area (Å²) < 4.78 is 0. The van der Waals surface area contributed by atoms with Crippen molar-refractivity contribution in [3.05, 3.63) is 11.9 Å². The van der Waals surface area contributed by atoms with Gasteiger partial charge < -0.3 is 5.32 Å². The average Bonchev–Trinajstić information content (AvgIpc) is 2.38. The summed E-state index contributed by atoms with van der Waals surface area (Å²) >= 11 is 1.87. The van der Waals surface area contributed by atoms with Gasteiger partial charge in [-0.2, -0.15) is 0 Å². The summed E-state index contributed by atoms with van der Waals surface area (Å²) in [6.45, 7) is 9.89. The molecule has 3 nitrogen and oxygen atoms in total. The van der Waals surface area contributed by atoms with Crippen LogP contribution < -0.4 is 5.32 Å². The summed E-state index contributed by atoms with van der Waals surface area (Å²) in [4.78, 5) is 8.88. The fourth-order valence-electron chi connectivity index (χ4n) is 1.78. The van der Waals surface area contributed by atoms with Gasteiger partial charge in [0.05, 0.1) is 0 Å². The molecule has 0 aromatic carbocycles. The smallest absolute Gasteiger partial charge is 0.133 e. The van der Waals surface area contributed by atoms with Gasteiger partial charge in [-0.1, -0.05) is 34.1 Å². The summed E-state index contributed by atoms with van der Waals surface area (Å²) in [7, 11) is 0. The normalized spacial score (nSPS) is 11.0. The summed E-state index contributed by atoms with van der Waals surface area (Å²) in [5, 5.41) is 4.59. The zero-order valence-electron chi connectivity index (χ0n) is 12.7. The quantitative estimate of drug-likeness (QED) is 0.538. The minimum Gasteiger partial charge on any atom is -0.370 e.